The zero-order valence-corrected chi connectivity index (χ0v) is 22.5. The number of nitrogens with two attached hydrogens (primary N) is 2. The number of amides is 1. The van der Waals surface area contributed by atoms with E-state index in [1.165, 1.54) is 6.33 Å². The number of nitrogens with zero attached hydrogens (tertiary/aromatic N) is 4. The molecule has 1 saturated heterocycles. The van der Waals surface area contributed by atoms with Gasteiger partial charge in [-0.15, -0.1) is 0 Å². The Hall–Kier alpha value is -5.17. The Kier molecular flexibility index (Phi) is 7.70. The predicted octanol–water partition coefficient (Wildman–Crippen LogP) is 3.68. The number of aromatic nitrogens is 4. The van der Waals surface area contributed by atoms with Gasteiger partial charge in [0.15, 0.2) is 11.4 Å². The van der Waals surface area contributed by atoms with Crippen LogP contribution in [0.4, 0.5) is 17.2 Å². The Morgan fingerprint density at radius 1 is 1.12 bits per heavy atom. The molecule has 1 amide bonds. The molecule has 0 bridgehead atoms. The number of nitrogen functional groups attached to an aromatic ring is 2. The molecule has 0 atom stereocenters. The van der Waals surface area contributed by atoms with Crippen LogP contribution in [-0.2, 0) is 4.79 Å². The summed E-state index contributed by atoms with van der Waals surface area (Å²) in [6.07, 6.45) is 3.36. The van der Waals surface area contributed by atoms with Gasteiger partial charge in [-0.2, -0.15) is 5.10 Å². The van der Waals surface area contributed by atoms with E-state index >= 15 is 0 Å². The maximum absolute atomic E-state index is 12.9. The second-order valence-electron chi connectivity index (χ2n) is 9.53. The fourth-order valence-corrected chi connectivity index (χ4v) is 4.80. The van der Waals surface area contributed by atoms with Gasteiger partial charge in [0.25, 0.3) is 11.9 Å². The molecule has 4 heterocycles. The topological polar surface area (TPSA) is 196 Å². The summed E-state index contributed by atoms with van der Waals surface area (Å²) >= 11 is 0. The molecule has 7 N–H and O–H groups in total. The lowest BCUT2D eigenvalue weighted by Crippen LogP contribution is -2.30. The molecule has 1 aliphatic rings. The fraction of sp³-hybridized carbons (Fsp3) is 0.250. The standard InChI is InChI=1S/C26H26N8O3.C2H4O2/c1-36-20-11-14(2-4-18(20)32-26(35)21-12-15-10-16(27)3-5-19(15)37-21)23-22-24(28)30-13-31-25(22)34(33-23)17-6-8-29-9-7-17;1-2(3)4/h2-5,10-13,17,29H,6-9,27H2,1H3,(H,32,35)(H2,28,30,31);1H3,(H,3,4). The van der Waals surface area contributed by atoms with Crippen molar-refractivity contribution < 1.29 is 23.8 Å². The van der Waals surface area contributed by atoms with Crippen LogP contribution in [0.25, 0.3) is 33.3 Å². The molecule has 5 aromatic rings. The minimum atomic E-state index is -0.833. The van der Waals surface area contributed by atoms with Gasteiger partial charge >= 0.3 is 0 Å². The van der Waals surface area contributed by atoms with Crippen molar-refractivity contribution in [3.05, 3.63) is 54.6 Å². The lowest BCUT2D eigenvalue weighted by atomic mass is 10.1. The number of anilines is 3. The van der Waals surface area contributed by atoms with Crippen molar-refractivity contribution in [2.45, 2.75) is 25.8 Å². The number of furan rings is 1. The van der Waals surface area contributed by atoms with Crippen molar-refractivity contribution in [2.24, 2.45) is 0 Å². The molecule has 0 saturated carbocycles. The number of nitrogens with one attached hydrogen (secondary N) is 2. The highest BCUT2D eigenvalue weighted by atomic mass is 16.5. The van der Waals surface area contributed by atoms with E-state index in [9.17, 15) is 4.79 Å². The molecule has 0 aliphatic carbocycles. The van der Waals surface area contributed by atoms with Crippen LogP contribution < -0.4 is 26.8 Å². The molecule has 0 unspecified atom stereocenters. The van der Waals surface area contributed by atoms with Gasteiger partial charge in [0.05, 0.1) is 24.2 Å². The third-order valence-corrected chi connectivity index (χ3v) is 6.66. The molecule has 0 spiro atoms. The van der Waals surface area contributed by atoms with Crippen molar-refractivity contribution in [3.63, 3.8) is 0 Å². The molecule has 2 aromatic carbocycles. The van der Waals surface area contributed by atoms with Gasteiger partial charge in [0.2, 0.25) is 0 Å². The third kappa shape index (κ3) is 5.75. The number of fused-ring (bicyclic) bond motifs is 2. The Bertz CT molecular complexity index is 1730. The molecule has 0 radical (unpaired) electrons. The lowest BCUT2D eigenvalue weighted by Gasteiger charge is -2.23. The average molecular weight is 559 g/mol. The number of methoxy groups -OCH3 is 1. The number of rotatable bonds is 5. The highest BCUT2D eigenvalue weighted by Crippen LogP contribution is 2.37. The van der Waals surface area contributed by atoms with Crippen LogP contribution in [0.5, 0.6) is 5.75 Å². The molecule has 41 heavy (non-hydrogen) atoms. The van der Waals surface area contributed by atoms with Crippen LogP contribution in [0, 0.1) is 0 Å². The Balaban J connectivity index is 0.000000794. The van der Waals surface area contributed by atoms with E-state index in [0.717, 1.165) is 43.8 Å². The van der Waals surface area contributed by atoms with E-state index in [2.05, 4.69) is 20.6 Å². The highest BCUT2D eigenvalue weighted by molar-refractivity contribution is 6.06. The summed E-state index contributed by atoms with van der Waals surface area (Å²) in [5.41, 5.74) is 15.9. The molecular weight excluding hydrogens is 528 g/mol. The third-order valence-electron chi connectivity index (χ3n) is 6.66. The van der Waals surface area contributed by atoms with Crippen LogP contribution in [-0.4, -0.2) is 56.9 Å². The average Bonchev–Trinajstić information content (AvgIpc) is 3.56. The number of ether oxygens (including phenoxy) is 1. The Morgan fingerprint density at radius 3 is 2.61 bits per heavy atom. The number of piperidine rings is 1. The van der Waals surface area contributed by atoms with E-state index in [-0.39, 0.29) is 11.8 Å². The summed E-state index contributed by atoms with van der Waals surface area (Å²) < 4.78 is 13.3. The summed E-state index contributed by atoms with van der Waals surface area (Å²) in [7, 11) is 1.54. The molecular formula is C28H30N8O5. The number of carboxylic acids is 1. The fourth-order valence-electron chi connectivity index (χ4n) is 4.80. The quantitative estimate of drug-likeness (QED) is 0.197. The molecule has 1 fully saturated rings. The van der Waals surface area contributed by atoms with Crippen molar-refractivity contribution >= 4 is 51.1 Å². The maximum atomic E-state index is 12.9. The number of hydrogen-bond acceptors (Lipinski definition) is 10. The van der Waals surface area contributed by atoms with E-state index in [0.29, 0.717) is 45.3 Å². The van der Waals surface area contributed by atoms with Crippen LogP contribution in [0.3, 0.4) is 0 Å². The van der Waals surface area contributed by atoms with Gasteiger partial charge in [-0.1, -0.05) is 6.07 Å². The number of aliphatic carboxylic acids is 1. The summed E-state index contributed by atoms with van der Waals surface area (Å²) in [6, 6.07) is 12.5. The normalized spacial score (nSPS) is 13.5. The second-order valence-corrected chi connectivity index (χ2v) is 9.53. The smallest absolute Gasteiger partial charge is 0.300 e. The first-order valence-electron chi connectivity index (χ1n) is 12.9. The first kappa shape index (κ1) is 27.4. The SMILES string of the molecule is CC(=O)O.COc1cc(-c2nn(C3CCNCC3)c3ncnc(N)c23)ccc1NC(=O)c1cc2cc(N)ccc2o1. The number of benzene rings is 2. The summed E-state index contributed by atoms with van der Waals surface area (Å²) in [4.78, 5) is 30.6. The van der Waals surface area contributed by atoms with Gasteiger partial charge in [-0.05, 0) is 62.3 Å². The minimum absolute atomic E-state index is 0.170. The summed E-state index contributed by atoms with van der Waals surface area (Å²) in [5, 5.41) is 20.0. The Labute approximate surface area is 234 Å². The molecule has 13 nitrogen and oxygen atoms in total. The van der Waals surface area contributed by atoms with Crippen LogP contribution >= 0.6 is 0 Å². The first-order chi connectivity index (χ1) is 19.7. The van der Waals surface area contributed by atoms with Crippen LogP contribution in [0.15, 0.2) is 53.2 Å². The maximum Gasteiger partial charge on any atom is 0.300 e. The Morgan fingerprint density at radius 2 is 1.88 bits per heavy atom. The number of carbonyl (C=O) groups excluding carboxylic acids is 1. The van der Waals surface area contributed by atoms with E-state index < -0.39 is 11.9 Å². The molecule has 6 rings (SSSR count). The predicted molar refractivity (Wildman–Crippen MR) is 155 cm³/mol. The van der Waals surface area contributed by atoms with Gasteiger partial charge < -0.3 is 36.4 Å². The summed E-state index contributed by atoms with van der Waals surface area (Å²) in [5.74, 6) is -0.240. The van der Waals surface area contributed by atoms with Crippen LogP contribution in [0.2, 0.25) is 0 Å². The van der Waals surface area contributed by atoms with E-state index in [1.807, 2.05) is 16.8 Å². The molecule has 13 heteroatoms. The number of carbonyl (C=O) groups is 2. The van der Waals surface area contributed by atoms with Gasteiger partial charge in [-0.25, -0.2) is 14.6 Å². The van der Waals surface area contributed by atoms with Gasteiger partial charge in [0.1, 0.15) is 29.2 Å². The zero-order valence-electron chi connectivity index (χ0n) is 22.5. The largest absolute Gasteiger partial charge is 0.495 e. The number of hydrogen-bond donors (Lipinski definition) is 5. The van der Waals surface area contributed by atoms with Crippen molar-refractivity contribution in [3.8, 4) is 17.0 Å². The second kappa shape index (κ2) is 11.5. The number of carboxylic acid groups (broad SMARTS) is 1. The molecule has 1 aliphatic heterocycles. The van der Waals surface area contributed by atoms with Gasteiger partial charge in [0, 0.05) is 23.6 Å². The summed E-state index contributed by atoms with van der Waals surface area (Å²) in [6.45, 7) is 2.92. The molecule has 212 valence electrons. The zero-order chi connectivity index (χ0) is 29.1. The van der Waals surface area contributed by atoms with Crippen LogP contribution in [0.1, 0.15) is 36.4 Å². The van der Waals surface area contributed by atoms with Gasteiger partial charge in [-0.3, -0.25) is 9.59 Å². The van der Waals surface area contributed by atoms with Crippen molar-refractivity contribution in [2.75, 3.05) is 37.0 Å². The highest BCUT2D eigenvalue weighted by Gasteiger charge is 2.24. The van der Waals surface area contributed by atoms with Crippen molar-refractivity contribution in [1.29, 1.82) is 0 Å². The minimum Gasteiger partial charge on any atom is -0.495 e. The van der Waals surface area contributed by atoms with Crippen molar-refractivity contribution in [1.82, 2.24) is 25.1 Å². The lowest BCUT2D eigenvalue weighted by molar-refractivity contribution is -0.134. The monoisotopic (exact) mass is 558 g/mol. The van der Waals surface area contributed by atoms with E-state index in [1.54, 1.807) is 37.4 Å². The molecule has 3 aromatic heterocycles. The van der Waals surface area contributed by atoms with E-state index in [4.69, 9.17) is 35.6 Å². The first-order valence-corrected chi connectivity index (χ1v) is 12.9.